The molecule has 1 unspecified atom stereocenters. The minimum atomic E-state index is -0.426. The van der Waals surface area contributed by atoms with Crippen LogP contribution in [0.15, 0.2) is 54.6 Å². The van der Waals surface area contributed by atoms with E-state index in [0.29, 0.717) is 12.0 Å². The van der Waals surface area contributed by atoms with E-state index in [9.17, 15) is 4.79 Å². The summed E-state index contributed by atoms with van der Waals surface area (Å²) in [6, 6.07) is 17.4. The van der Waals surface area contributed by atoms with Crippen molar-refractivity contribution in [1.29, 1.82) is 0 Å². The van der Waals surface area contributed by atoms with Crippen molar-refractivity contribution in [3.63, 3.8) is 0 Å². The number of hydrogen-bond acceptors (Lipinski definition) is 2. The molecule has 0 N–H and O–H groups in total. The molecular formula is C19H22O2. The number of ketones is 1. The number of rotatable bonds is 7. The predicted octanol–water partition coefficient (Wildman–Crippen LogP) is 4.68. The SMILES string of the molecule is CCCc1ccc(OC(CC)C(=O)c2ccccc2)cc1. The van der Waals surface area contributed by atoms with Gasteiger partial charge in [-0.05, 0) is 30.5 Å². The van der Waals surface area contributed by atoms with Crippen LogP contribution in [0.1, 0.15) is 42.6 Å². The van der Waals surface area contributed by atoms with Crippen LogP contribution in [0.2, 0.25) is 0 Å². The van der Waals surface area contributed by atoms with Crippen molar-refractivity contribution in [2.75, 3.05) is 0 Å². The molecule has 0 saturated heterocycles. The second kappa shape index (κ2) is 7.63. The van der Waals surface area contributed by atoms with Crippen LogP contribution in [0.5, 0.6) is 5.75 Å². The summed E-state index contributed by atoms with van der Waals surface area (Å²) in [7, 11) is 0. The van der Waals surface area contributed by atoms with Gasteiger partial charge in [0.05, 0.1) is 0 Å². The Morgan fingerprint density at radius 2 is 1.67 bits per heavy atom. The van der Waals surface area contributed by atoms with Crippen LogP contribution < -0.4 is 4.74 Å². The standard InChI is InChI=1S/C19H22O2/c1-3-8-15-11-13-17(14-12-15)21-18(4-2)19(20)16-9-6-5-7-10-16/h5-7,9-14,18H,3-4,8H2,1-2H3. The van der Waals surface area contributed by atoms with Gasteiger partial charge in [-0.25, -0.2) is 0 Å². The van der Waals surface area contributed by atoms with Crippen molar-refractivity contribution >= 4 is 5.78 Å². The molecule has 2 heteroatoms. The first-order valence-electron chi connectivity index (χ1n) is 7.59. The Morgan fingerprint density at radius 1 is 1.00 bits per heavy atom. The van der Waals surface area contributed by atoms with Crippen molar-refractivity contribution in [3.8, 4) is 5.75 Å². The molecule has 0 amide bonds. The van der Waals surface area contributed by atoms with Crippen molar-refractivity contribution < 1.29 is 9.53 Å². The largest absolute Gasteiger partial charge is 0.482 e. The molecule has 1 atom stereocenters. The molecule has 0 aromatic heterocycles. The van der Waals surface area contributed by atoms with Gasteiger partial charge >= 0.3 is 0 Å². The van der Waals surface area contributed by atoms with Crippen LogP contribution in [0.4, 0.5) is 0 Å². The summed E-state index contributed by atoms with van der Waals surface area (Å²) in [4.78, 5) is 12.4. The average molecular weight is 282 g/mol. The van der Waals surface area contributed by atoms with E-state index >= 15 is 0 Å². The molecule has 0 aliphatic heterocycles. The maximum absolute atomic E-state index is 12.4. The number of hydrogen-bond donors (Lipinski definition) is 0. The summed E-state index contributed by atoms with van der Waals surface area (Å²) in [5, 5.41) is 0. The van der Waals surface area contributed by atoms with Gasteiger partial charge in [-0.3, -0.25) is 4.79 Å². The van der Waals surface area contributed by atoms with Crippen molar-refractivity contribution in [1.82, 2.24) is 0 Å². The third-order valence-electron chi connectivity index (χ3n) is 3.46. The summed E-state index contributed by atoms with van der Waals surface area (Å²) >= 11 is 0. The highest BCUT2D eigenvalue weighted by atomic mass is 16.5. The van der Waals surface area contributed by atoms with Gasteiger partial charge in [-0.15, -0.1) is 0 Å². The Bertz CT molecular complexity index is 558. The molecule has 0 bridgehead atoms. The highest BCUT2D eigenvalue weighted by Gasteiger charge is 2.19. The van der Waals surface area contributed by atoms with Crippen LogP contribution in [-0.4, -0.2) is 11.9 Å². The molecule has 0 aliphatic carbocycles. The smallest absolute Gasteiger partial charge is 0.203 e. The molecule has 110 valence electrons. The number of ether oxygens (including phenoxy) is 1. The zero-order valence-electron chi connectivity index (χ0n) is 12.7. The average Bonchev–Trinajstić information content (AvgIpc) is 2.54. The predicted molar refractivity (Wildman–Crippen MR) is 85.9 cm³/mol. The molecule has 0 aliphatic rings. The van der Waals surface area contributed by atoms with Gasteiger partial charge in [0, 0.05) is 5.56 Å². The third-order valence-corrected chi connectivity index (χ3v) is 3.46. The monoisotopic (exact) mass is 282 g/mol. The Labute approximate surface area is 126 Å². The summed E-state index contributed by atoms with van der Waals surface area (Å²) < 4.78 is 5.86. The van der Waals surface area contributed by atoms with Gasteiger partial charge in [0.25, 0.3) is 0 Å². The van der Waals surface area contributed by atoms with Crippen LogP contribution >= 0.6 is 0 Å². The minimum absolute atomic E-state index is 0.0377. The van der Waals surface area contributed by atoms with Gasteiger partial charge in [0.2, 0.25) is 5.78 Å². The zero-order valence-corrected chi connectivity index (χ0v) is 12.7. The van der Waals surface area contributed by atoms with Crippen molar-refractivity contribution in [2.45, 2.75) is 39.2 Å². The van der Waals surface area contributed by atoms with E-state index in [-0.39, 0.29) is 5.78 Å². The molecule has 2 aromatic carbocycles. The molecule has 2 aromatic rings. The number of benzene rings is 2. The Morgan fingerprint density at radius 3 is 2.24 bits per heavy atom. The van der Waals surface area contributed by atoms with E-state index in [4.69, 9.17) is 4.74 Å². The lowest BCUT2D eigenvalue weighted by atomic mass is 10.0. The minimum Gasteiger partial charge on any atom is -0.482 e. The lowest BCUT2D eigenvalue weighted by molar-refractivity contribution is 0.0786. The maximum Gasteiger partial charge on any atom is 0.203 e. The van der Waals surface area contributed by atoms with E-state index in [1.807, 2.05) is 49.4 Å². The fraction of sp³-hybridized carbons (Fsp3) is 0.316. The summed E-state index contributed by atoms with van der Waals surface area (Å²) in [6.07, 6.45) is 2.43. The van der Waals surface area contributed by atoms with Crippen LogP contribution in [0.25, 0.3) is 0 Å². The number of aryl methyl sites for hydroxylation is 1. The third kappa shape index (κ3) is 4.19. The van der Waals surface area contributed by atoms with Gasteiger partial charge in [-0.2, -0.15) is 0 Å². The normalized spacial score (nSPS) is 11.9. The zero-order chi connectivity index (χ0) is 15.1. The Balaban J connectivity index is 2.06. The topological polar surface area (TPSA) is 26.3 Å². The molecular weight excluding hydrogens is 260 g/mol. The summed E-state index contributed by atoms with van der Waals surface area (Å²) in [5.41, 5.74) is 2.00. The number of carbonyl (C=O) groups excluding carboxylic acids is 1. The molecule has 2 nitrogen and oxygen atoms in total. The van der Waals surface area contributed by atoms with Crippen LogP contribution in [0, 0.1) is 0 Å². The molecule has 0 radical (unpaired) electrons. The van der Waals surface area contributed by atoms with E-state index in [1.54, 1.807) is 0 Å². The lowest BCUT2D eigenvalue weighted by Gasteiger charge is -2.16. The molecule has 0 spiro atoms. The highest BCUT2D eigenvalue weighted by molar-refractivity contribution is 5.99. The van der Waals surface area contributed by atoms with E-state index in [0.717, 1.165) is 18.6 Å². The fourth-order valence-corrected chi connectivity index (χ4v) is 2.30. The maximum atomic E-state index is 12.4. The Hall–Kier alpha value is -2.09. The highest BCUT2D eigenvalue weighted by Crippen LogP contribution is 2.18. The van der Waals surface area contributed by atoms with Gasteiger partial charge < -0.3 is 4.74 Å². The molecule has 0 fully saturated rings. The number of carbonyl (C=O) groups is 1. The van der Waals surface area contributed by atoms with Gasteiger partial charge in [-0.1, -0.05) is 62.7 Å². The van der Waals surface area contributed by atoms with E-state index < -0.39 is 6.10 Å². The second-order valence-corrected chi connectivity index (χ2v) is 5.14. The van der Waals surface area contributed by atoms with Crippen LogP contribution in [0.3, 0.4) is 0 Å². The first-order valence-corrected chi connectivity index (χ1v) is 7.59. The molecule has 0 heterocycles. The Kier molecular flexibility index (Phi) is 5.56. The number of Topliss-reactive ketones (excluding diaryl/α,β-unsaturated/α-hetero) is 1. The fourth-order valence-electron chi connectivity index (χ4n) is 2.30. The molecule has 2 rings (SSSR count). The van der Waals surface area contributed by atoms with E-state index in [1.165, 1.54) is 5.56 Å². The van der Waals surface area contributed by atoms with Crippen molar-refractivity contribution in [2.24, 2.45) is 0 Å². The molecule has 21 heavy (non-hydrogen) atoms. The van der Waals surface area contributed by atoms with Gasteiger partial charge in [0.1, 0.15) is 5.75 Å². The molecule has 0 saturated carbocycles. The lowest BCUT2D eigenvalue weighted by Crippen LogP contribution is -2.26. The van der Waals surface area contributed by atoms with Crippen molar-refractivity contribution in [3.05, 3.63) is 65.7 Å². The summed E-state index contributed by atoms with van der Waals surface area (Å²) in [6.45, 7) is 4.13. The van der Waals surface area contributed by atoms with Crippen LogP contribution in [-0.2, 0) is 6.42 Å². The van der Waals surface area contributed by atoms with E-state index in [2.05, 4.69) is 19.1 Å². The first kappa shape index (κ1) is 15.3. The summed E-state index contributed by atoms with van der Waals surface area (Å²) in [5.74, 6) is 0.793. The second-order valence-electron chi connectivity index (χ2n) is 5.14. The first-order chi connectivity index (χ1) is 10.2. The quantitative estimate of drug-likeness (QED) is 0.689. The van der Waals surface area contributed by atoms with Gasteiger partial charge in [0.15, 0.2) is 6.10 Å².